The smallest absolute Gasteiger partial charge is 0.227 e. The van der Waals surface area contributed by atoms with Crippen LogP contribution < -0.4 is 0 Å². The van der Waals surface area contributed by atoms with Gasteiger partial charge in [0.05, 0.1) is 49.0 Å². The van der Waals surface area contributed by atoms with Crippen LogP contribution in [0.15, 0.2) is 103 Å². The summed E-state index contributed by atoms with van der Waals surface area (Å²) in [4.78, 5) is 46.6. The van der Waals surface area contributed by atoms with Gasteiger partial charge in [0.25, 0.3) is 0 Å². The van der Waals surface area contributed by atoms with Crippen LogP contribution in [0.4, 0.5) is 0 Å². The maximum Gasteiger partial charge on any atom is 0.227 e. The molecule has 0 bridgehead atoms. The second kappa shape index (κ2) is 17.0. The van der Waals surface area contributed by atoms with Crippen molar-refractivity contribution in [1.82, 2.24) is 29.7 Å². The van der Waals surface area contributed by atoms with Crippen molar-refractivity contribution < 1.29 is 14.3 Å². The standard InChI is InChI=1S/C47H48N6O3/c1-6-21-52(45(54)24-33-11-9-8-10-12-33)29-43-48-28-42(50-43)39-16-15-35-25-34(13-14-36(35)27-39)37-17-19-40-38(26-37)18-20-41-46(40)51-44(49-41)30-53(22-23-56-7-2)47(55)32(5)31(3)4/h2,8-20,25-28,31-32H,6,21-24,29-30H2,1,3-5H3,(H,48,50)(H,49,51)/t32-/m0/s1. The fourth-order valence-corrected chi connectivity index (χ4v) is 7.16. The number of terminal acetylenes is 1. The van der Waals surface area contributed by atoms with Gasteiger partial charge in [-0.2, -0.15) is 0 Å². The van der Waals surface area contributed by atoms with Crippen molar-refractivity contribution in [1.29, 1.82) is 0 Å². The van der Waals surface area contributed by atoms with Crippen LogP contribution in [0, 0.1) is 24.4 Å². The van der Waals surface area contributed by atoms with Crippen LogP contribution in [0.3, 0.4) is 0 Å². The zero-order valence-electron chi connectivity index (χ0n) is 32.5. The summed E-state index contributed by atoms with van der Waals surface area (Å²) in [5.74, 6) is 1.71. The average Bonchev–Trinajstić information content (AvgIpc) is 3.86. The van der Waals surface area contributed by atoms with Crippen molar-refractivity contribution in [2.24, 2.45) is 11.8 Å². The van der Waals surface area contributed by atoms with E-state index in [1.807, 2.05) is 68.3 Å². The van der Waals surface area contributed by atoms with E-state index in [0.717, 1.165) is 72.8 Å². The molecule has 0 fully saturated rings. The number of hydrogen-bond donors (Lipinski definition) is 2. The Morgan fingerprint density at radius 3 is 2.20 bits per heavy atom. The second-order valence-corrected chi connectivity index (χ2v) is 14.8. The average molecular weight is 745 g/mol. The molecule has 5 aromatic carbocycles. The molecule has 7 aromatic rings. The molecule has 2 N–H and O–H groups in total. The number of amides is 2. The van der Waals surface area contributed by atoms with Crippen LogP contribution >= 0.6 is 0 Å². The zero-order chi connectivity index (χ0) is 39.2. The molecule has 2 amide bonds. The Morgan fingerprint density at radius 1 is 0.786 bits per heavy atom. The van der Waals surface area contributed by atoms with E-state index in [0.29, 0.717) is 38.4 Å². The molecule has 0 saturated carbocycles. The number of carbonyl (C=O) groups excluding carboxylic acids is 2. The predicted molar refractivity (Wildman–Crippen MR) is 224 cm³/mol. The summed E-state index contributed by atoms with van der Waals surface area (Å²) in [5.41, 5.74) is 7.01. The Morgan fingerprint density at radius 2 is 1.46 bits per heavy atom. The topological polar surface area (TPSA) is 107 Å². The van der Waals surface area contributed by atoms with Gasteiger partial charge >= 0.3 is 0 Å². The highest BCUT2D eigenvalue weighted by atomic mass is 16.5. The van der Waals surface area contributed by atoms with E-state index in [1.165, 1.54) is 0 Å². The number of fused-ring (bicyclic) bond motifs is 4. The number of benzene rings is 5. The third-order valence-electron chi connectivity index (χ3n) is 10.6. The predicted octanol–water partition coefficient (Wildman–Crippen LogP) is 9.14. The summed E-state index contributed by atoms with van der Waals surface area (Å²) in [6.07, 6.45) is 10.6. The number of carbonyl (C=O) groups is 2. The summed E-state index contributed by atoms with van der Waals surface area (Å²) in [7, 11) is 0. The molecule has 0 aliphatic rings. The van der Waals surface area contributed by atoms with E-state index in [9.17, 15) is 9.59 Å². The molecule has 9 heteroatoms. The third-order valence-corrected chi connectivity index (χ3v) is 10.6. The second-order valence-electron chi connectivity index (χ2n) is 14.8. The molecule has 0 aliphatic carbocycles. The molecule has 0 aliphatic heterocycles. The Balaban J connectivity index is 1.07. The molecule has 2 heterocycles. The van der Waals surface area contributed by atoms with E-state index < -0.39 is 0 Å². The number of nitrogens with one attached hydrogen (secondary N) is 2. The monoisotopic (exact) mass is 744 g/mol. The number of aromatic nitrogens is 4. The van der Waals surface area contributed by atoms with Crippen LogP contribution in [0.5, 0.6) is 0 Å². The molecule has 56 heavy (non-hydrogen) atoms. The van der Waals surface area contributed by atoms with Gasteiger partial charge in [-0.1, -0.05) is 107 Å². The SMILES string of the molecule is C#COCCN(Cc1nc2ccc3cc(-c4ccc5cc(-c6cnc(CN(CCC)C(=O)Cc7ccccc7)[nH]6)ccc5c4)ccc3c2[nH]1)C(=O)[C@@H](C)C(C)C. The lowest BCUT2D eigenvalue weighted by Crippen LogP contribution is -2.38. The normalized spacial score (nSPS) is 11.9. The highest BCUT2D eigenvalue weighted by Gasteiger charge is 2.24. The maximum atomic E-state index is 13.3. The summed E-state index contributed by atoms with van der Waals surface area (Å²) in [5, 5.41) is 4.43. The molecule has 284 valence electrons. The molecule has 0 saturated heterocycles. The number of ether oxygens (including phenoxy) is 1. The summed E-state index contributed by atoms with van der Waals surface area (Å²) in [6.45, 7) is 10.2. The summed E-state index contributed by atoms with van der Waals surface area (Å²) in [6, 6.07) is 33.5. The lowest BCUT2D eigenvalue weighted by atomic mass is 9.96. The van der Waals surface area contributed by atoms with Crippen LogP contribution in [-0.2, 0) is 33.8 Å². The van der Waals surface area contributed by atoms with Gasteiger partial charge in [-0.05, 0) is 69.5 Å². The first-order valence-electron chi connectivity index (χ1n) is 19.4. The van der Waals surface area contributed by atoms with Crippen molar-refractivity contribution in [2.45, 2.75) is 53.6 Å². The van der Waals surface area contributed by atoms with Crippen LogP contribution in [0.25, 0.3) is 55.0 Å². The minimum Gasteiger partial charge on any atom is -0.445 e. The van der Waals surface area contributed by atoms with Gasteiger partial charge in [0.15, 0.2) is 0 Å². The van der Waals surface area contributed by atoms with Gasteiger partial charge in [-0.25, -0.2) is 9.97 Å². The number of nitrogens with zero attached hydrogens (tertiary/aromatic N) is 4. The highest BCUT2D eigenvalue weighted by molar-refractivity contribution is 6.05. The maximum absolute atomic E-state index is 13.3. The largest absolute Gasteiger partial charge is 0.445 e. The molecule has 0 unspecified atom stereocenters. The van der Waals surface area contributed by atoms with Gasteiger partial charge in [0.2, 0.25) is 11.8 Å². The number of H-pyrrole nitrogens is 2. The number of imidazole rings is 2. The van der Waals surface area contributed by atoms with Crippen molar-refractivity contribution in [3.05, 3.63) is 120 Å². The molecule has 1 atom stereocenters. The Bertz CT molecular complexity index is 2530. The molecule has 2 aromatic heterocycles. The van der Waals surface area contributed by atoms with E-state index in [-0.39, 0.29) is 30.3 Å². The van der Waals surface area contributed by atoms with Gasteiger partial charge in [0, 0.05) is 23.4 Å². The zero-order valence-corrected chi connectivity index (χ0v) is 32.5. The lowest BCUT2D eigenvalue weighted by molar-refractivity contribution is -0.137. The minimum atomic E-state index is -0.136. The molecule has 9 nitrogen and oxygen atoms in total. The quantitative estimate of drug-likeness (QED) is 0.0805. The summed E-state index contributed by atoms with van der Waals surface area (Å²) < 4.78 is 5.13. The van der Waals surface area contributed by atoms with E-state index in [4.69, 9.17) is 16.1 Å². The van der Waals surface area contributed by atoms with Gasteiger partial charge < -0.3 is 24.5 Å². The first-order chi connectivity index (χ1) is 27.2. The molecule has 0 spiro atoms. The van der Waals surface area contributed by atoms with Gasteiger partial charge in [-0.15, -0.1) is 0 Å². The lowest BCUT2D eigenvalue weighted by Gasteiger charge is -2.26. The summed E-state index contributed by atoms with van der Waals surface area (Å²) >= 11 is 0. The van der Waals surface area contributed by atoms with Crippen LogP contribution in [0.2, 0.25) is 0 Å². The number of aromatic amines is 2. The Hall–Kier alpha value is -6.40. The number of rotatable bonds is 15. The number of hydrogen-bond acceptors (Lipinski definition) is 5. The first-order valence-corrected chi connectivity index (χ1v) is 19.4. The van der Waals surface area contributed by atoms with E-state index in [2.05, 4.69) is 88.6 Å². The Labute approximate surface area is 328 Å². The first kappa shape index (κ1) is 37.9. The van der Waals surface area contributed by atoms with Gasteiger partial charge in [0.1, 0.15) is 24.4 Å². The minimum absolute atomic E-state index is 0.0518. The van der Waals surface area contributed by atoms with Crippen LogP contribution in [-0.4, -0.2) is 61.2 Å². The highest BCUT2D eigenvalue weighted by Crippen LogP contribution is 2.32. The molecule has 0 radical (unpaired) electrons. The van der Waals surface area contributed by atoms with Crippen LogP contribution in [0.1, 0.15) is 51.3 Å². The fraction of sp³-hybridized carbons (Fsp3) is 0.277. The van der Waals surface area contributed by atoms with Crippen molar-refractivity contribution in [3.8, 4) is 34.9 Å². The Kier molecular flexibility index (Phi) is 11.5. The van der Waals surface area contributed by atoms with E-state index >= 15 is 0 Å². The third kappa shape index (κ3) is 8.45. The van der Waals surface area contributed by atoms with Crippen molar-refractivity contribution >= 4 is 44.4 Å². The molecular weight excluding hydrogens is 697 g/mol. The van der Waals surface area contributed by atoms with Crippen molar-refractivity contribution in [3.63, 3.8) is 0 Å². The molecule has 7 rings (SSSR count). The van der Waals surface area contributed by atoms with Crippen molar-refractivity contribution in [2.75, 3.05) is 19.7 Å². The fourth-order valence-electron chi connectivity index (χ4n) is 7.16. The molecular formula is C47H48N6O3. The van der Waals surface area contributed by atoms with Gasteiger partial charge in [-0.3, -0.25) is 9.59 Å². The van der Waals surface area contributed by atoms with E-state index in [1.54, 1.807) is 4.90 Å².